The summed E-state index contributed by atoms with van der Waals surface area (Å²) in [5, 5.41) is 16.2. The number of aromatic carboxylic acids is 1. The molecule has 0 bridgehead atoms. The van der Waals surface area contributed by atoms with Gasteiger partial charge in [-0.15, -0.1) is 0 Å². The first kappa shape index (κ1) is 17.0. The van der Waals surface area contributed by atoms with Crippen LogP contribution >= 0.6 is 11.6 Å². The zero-order chi connectivity index (χ0) is 17.0. The van der Waals surface area contributed by atoms with Crippen LogP contribution in [0.2, 0.25) is 5.02 Å². The molecular weight excluding hydrogens is 322 g/mol. The molecule has 0 aliphatic carbocycles. The van der Waals surface area contributed by atoms with Gasteiger partial charge in [-0.05, 0) is 19.1 Å². The first-order valence-corrected chi connectivity index (χ1v) is 7.19. The molecule has 0 aliphatic heterocycles. The number of nitrogens with zero attached hydrogens (tertiary/aromatic N) is 2. The molecule has 1 atom stereocenters. The maximum Gasteiger partial charge on any atom is 0.337 e. The van der Waals surface area contributed by atoms with Gasteiger partial charge >= 0.3 is 5.97 Å². The molecule has 0 amide bonds. The minimum absolute atomic E-state index is 0.0355. The SMILES string of the molecule is COCC(C)Nc1cnn(-c2ccccc2C(=O)O)c(=O)c1Cl. The Balaban J connectivity index is 2.46. The van der Waals surface area contributed by atoms with Crippen molar-refractivity contribution in [1.82, 2.24) is 9.78 Å². The van der Waals surface area contributed by atoms with E-state index >= 15 is 0 Å². The predicted octanol–water partition coefficient (Wildman–Crippen LogP) is 2.03. The van der Waals surface area contributed by atoms with E-state index in [0.717, 1.165) is 4.68 Å². The lowest BCUT2D eigenvalue weighted by Gasteiger charge is -2.16. The van der Waals surface area contributed by atoms with Gasteiger partial charge in [0.25, 0.3) is 5.56 Å². The van der Waals surface area contributed by atoms with Gasteiger partial charge in [-0.25, -0.2) is 4.79 Å². The van der Waals surface area contributed by atoms with Gasteiger partial charge in [0, 0.05) is 13.2 Å². The van der Waals surface area contributed by atoms with Gasteiger partial charge in [-0.3, -0.25) is 4.79 Å². The molecule has 1 aromatic carbocycles. The lowest BCUT2D eigenvalue weighted by molar-refractivity contribution is 0.0696. The molecule has 0 aliphatic rings. The summed E-state index contributed by atoms with van der Waals surface area (Å²) in [7, 11) is 1.57. The normalized spacial score (nSPS) is 12.0. The molecule has 1 unspecified atom stereocenters. The van der Waals surface area contributed by atoms with Crippen molar-refractivity contribution in [1.29, 1.82) is 0 Å². The van der Waals surface area contributed by atoms with E-state index in [1.807, 2.05) is 6.92 Å². The van der Waals surface area contributed by atoms with Crippen LogP contribution in [0.1, 0.15) is 17.3 Å². The molecule has 23 heavy (non-hydrogen) atoms. The highest BCUT2D eigenvalue weighted by Crippen LogP contribution is 2.19. The minimum atomic E-state index is -1.15. The third kappa shape index (κ3) is 3.69. The molecular formula is C15H16ClN3O4. The number of hydrogen-bond donors (Lipinski definition) is 2. The lowest BCUT2D eigenvalue weighted by atomic mass is 10.2. The van der Waals surface area contributed by atoms with E-state index in [1.165, 1.54) is 18.3 Å². The van der Waals surface area contributed by atoms with Gasteiger partial charge in [0.15, 0.2) is 0 Å². The number of carbonyl (C=O) groups is 1. The predicted molar refractivity (Wildman–Crippen MR) is 86.8 cm³/mol. The van der Waals surface area contributed by atoms with Crippen molar-refractivity contribution in [3.63, 3.8) is 0 Å². The largest absolute Gasteiger partial charge is 0.478 e. The van der Waals surface area contributed by atoms with E-state index in [-0.39, 0.29) is 22.3 Å². The molecule has 2 N–H and O–H groups in total. The summed E-state index contributed by atoms with van der Waals surface area (Å²) < 4.78 is 5.98. The molecule has 1 heterocycles. The fourth-order valence-electron chi connectivity index (χ4n) is 2.10. The molecule has 7 nitrogen and oxygen atoms in total. The molecule has 0 fully saturated rings. The van der Waals surface area contributed by atoms with E-state index in [1.54, 1.807) is 19.2 Å². The number of carboxylic acid groups (broad SMARTS) is 1. The van der Waals surface area contributed by atoms with Gasteiger partial charge in [0.05, 0.1) is 29.7 Å². The number of methoxy groups -OCH3 is 1. The van der Waals surface area contributed by atoms with Gasteiger partial charge < -0.3 is 15.2 Å². The maximum atomic E-state index is 12.4. The number of carboxylic acids is 1. The molecule has 122 valence electrons. The average molecular weight is 338 g/mol. The first-order chi connectivity index (χ1) is 11.0. The highest BCUT2D eigenvalue weighted by atomic mass is 35.5. The van der Waals surface area contributed by atoms with E-state index in [4.69, 9.17) is 16.3 Å². The summed E-state index contributed by atoms with van der Waals surface area (Å²) in [5.41, 5.74) is -0.115. The summed E-state index contributed by atoms with van der Waals surface area (Å²) in [5.74, 6) is -1.15. The van der Waals surface area contributed by atoms with Crippen LogP contribution in [0.4, 0.5) is 5.69 Å². The number of ether oxygens (including phenoxy) is 1. The number of hydrogen-bond acceptors (Lipinski definition) is 5. The maximum absolute atomic E-state index is 12.4. The van der Waals surface area contributed by atoms with Crippen LogP contribution < -0.4 is 10.9 Å². The fraction of sp³-hybridized carbons (Fsp3) is 0.267. The molecule has 2 rings (SSSR count). The Kier molecular flexibility index (Phi) is 5.36. The highest BCUT2D eigenvalue weighted by molar-refractivity contribution is 6.33. The lowest BCUT2D eigenvalue weighted by Crippen LogP contribution is -2.27. The molecule has 8 heteroatoms. The summed E-state index contributed by atoms with van der Waals surface area (Å²) in [4.78, 5) is 23.7. The Hall–Kier alpha value is -2.38. The summed E-state index contributed by atoms with van der Waals surface area (Å²) in [6, 6.07) is 6.01. The Bertz CT molecular complexity index is 776. The van der Waals surface area contributed by atoms with Crippen molar-refractivity contribution in [3.05, 3.63) is 51.4 Å². The Morgan fingerprint density at radius 3 is 2.83 bits per heavy atom. The van der Waals surface area contributed by atoms with Crippen LogP contribution in [0.3, 0.4) is 0 Å². The Labute approximate surface area is 137 Å². The van der Waals surface area contributed by atoms with Crippen LogP contribution in [0.25, 0.3) is 5.69 Å². The van der Waals surface area contributed by atoms with Crippen LogP contribution in [0, 0.1) is 0 Å². The van der Waals surface area contributed by atoms with Crippen molar-refractivity contribution >= 4 is 23.3 Å². The van der Waals surface area contributed by atoms with Gasteiger partial charge in [0.1, 0.15) is 5.02 Å². The van der Waals surface area contributed by atoms with Gasteiger partial charge in [-0.2, -0.15) is 9.78 Å². The van der Waals surface area contributed by atoms with Crippen LogP contribution in [-0.2, 0) is 4.74 Å². The molecule has 2 aromatic rings. The molecule has 1 aromatic heterocycles. The number of aromatic nitrogens is 2. The molecule has 0 saturated heterocycles. The van der Waals surface area contributed by atoms with Crippen LogP contribution in [0.5, 0.6) is 0 Å². The van der Waals surface area contributed by atoms with Gasteiger partial charge in [0.2, 0.25) is 0 Å². The van der Waals surface area contributed by atoms with Crippen molar-refractivity contribution in [3.8, 4) is 5.69 Å². The standard InChI is InChI=1S/C15H16ClN3O4/c1-9(8-23-2)18-11-7-17-19(14(20)13(11)16)12-6-4-3-5-10(12)15(21)22/h3-7,9,18H,8H2,1-2H3,(H,21,22). The summed E-state index contributed by atoms with van der Waals surface area (Å²) in [6.07, 6.45) is 1.38. The average Bonchev–Trinajstić information content (AvgIpc) is 2.52. The number of nitrogens with one attached hydrogen (secondary N) is 1. The number of para-hydroxylation sites is 1. The molecule has 0 radical (unpaired) electrons. The van der Waals surface area contributed by atoms with Crippen molar-refractivity contribution in [2.24, 2.45) is 0 Å². The summed E-state index contributed by atoms with van der Waals surface area (Å²) in [6.45, 7) is 2.30. The number of halogens is 1. The minimum Gasteiger partial charge on any atom is -0.478 e. The number of rotatable bonds is 6. The zero-order valence-electron chi connectivity index (χ0n) is 12.6. The first-order valence-electron chi connectivity index (χ1n) is 6.81. The topological polar surface area (TPSA) is 93.4 Å². The number of anilines is 1. The van der Waals surface area contributed by atoms with Crippen molar-refractivity contribution in [2.45, 2.75) is 13.0 Å². The second kappa shape index (κ2) is 7.26. The number of benzene rings is 1. The quantitative estimate of drug-likeness (QED) is 0.837. The van der Waals surface area contributed by atoms with Gasteiger partial charge in [-0.1, -0.05) is 23.7 Å². The van der Waals surface area contributed by atoms with E-state index in [0.29, 0.717) is 12.3 Å². The molecule has 0 spiro atoms. The second-order valence-corrected chi connectivity index (χ2v) is 5.29. The second-order valence-electron chi connectivity index (χ2n) is 4.91. The fourth-order valence-corrected chi connectivity index (χ4v) is 2.28. The third-order valence-electron chi connectivity index (χ3n) is 3.10. The van der Waals surface area contributed by atoms with Crippen LogP contribution in [-0.4, -0.2) is 40.6 Å². The Morgan fingerprint density at radius 1 is 1.48 bits per heavy atom. The molecule has 0 saturated carbocycles. The summed E-state index contributed by atoms with van der Waals surface area (Å²) >= 11 is 6.10. The zero-order valence-corrected chi connectivity index (χ0v) is 13.4. The van der Waals surface area contributed by atoms with E-state index in [9.17, 15) is 14.7 Å². The smallest absolute Gasteiger partial charge is 0.337 e. The van der Waals surface area contributed by atoms with E-state index in [2.05, 4.69) is 10.4 Å². The van der Waals surface area contributed by atoms with Crippen molar-refractivity contribution < 1.29 is 14.6 Å². The third-order valence-corrected chi connectivity index (χ3v) is 3.47. The van der Waals surface area contributed by atoms with Crippen LogP contribution in [0.15, 0.2) is 35.3 Å². The monoisotopic (exact) mass is 337 g/mol. The highest BCUT2D eigenvalue weighted by Gasteiger charge is 2.16. The Morgan fingerprint density at radius 2 is 2.17 bits per heavy atom. The van der Waals surface area contributed by atoms with E-state index < -0.39 is 11.5 Å². The van der Waals surface area contributed by atoms with Crippen molar-refractivity contribution in [2.75, 3.05) is 19.0 Å².